The third kappa shape index (κ3) is 4.37. The van der Waals surface area contributed by atoms with E-state index in [2.05, 4.69) is 43.3 Å². The Hall–Kier alpha value is -1.32. The average molecular weight is 287 g/mol. The number of benzene rings is 2. The van der Waals surface area contributed by atoms with Gasteiger partial charge in [0.05, 0.1) is 0 Å². The summed E-state index contributed by atoms with van der Waals surface area (Å²) in [4.78, 5) is 0.463. The number of hydrogen-bond donors (Lipinski definition) is 1. The van der Waals surface area contributed by atoms with Crippen LogP contribution in [0.2, 0.25) is 0 Å². The van der Waals surface area contributed by atoms with Crippen molar-refractivity contribution in [3.05, 3.63) is 70.8 Å². The maximum atomic E-state index is 5.64. The molecule has 0 amide bonds. The SMILES string of the molecule is Cc1ccc(CSCc2cccc(C(N)=S)c2)cc1. The van der Waals surface area contributed by atoms with Gasteiger partial charge in [0.25, 0.3) is 0 Å². The Morgan fingerprint density at radius 2 is 1.74 bits per heavy atom. The molecule has 2 aromatic carbocycles. The van der Waals surface area contributed by atoms with E-state index in [0.717, 1.165) is 17.1 Å². The molecule has 2 rings (SSSR count). The van der Waals surface area contributed by atoms with E-state index >= 15 is 0 Å². The molecule has 0 aromatic heterocycles. The molecule has 0 heterocycles. The van der Waals surface area contributed by atoms with Crippen LogP contribution in [0.5, 0.6) is 0 Å². The van der Waals surface area contributed by atoms with Gasteiger partial charge >= 0.3 is 0 Å². The fourth-order valence-electron chi connectivity index (χ4n) is 1.79. The van der Waals surface area contributed by atoms with Gasteiger partial charge in [-0.1, -0.05) is 60.2 Å². The number of aryl methyl sites for hydroxylation is 1. The lowest BCUT2D eigenvalue weighted by molar-refractivity contribution is 1.34. The monoisotopic (exact) mass is 287 g/mol. The van der Waals surface area contributed by atoms with Crippen LogP contribution >= 0.6 is 24.0 Å². The Balaban J connectivity index is 1.90. The molecular formula is C16H17NS2. The van der Waals surface area contributed by atoms with Crippen molar-refractivity contribution in [1.29, 1.82) is 0 Å². The topological polar surface area (TPSA) is 26.0 Å². The molecule has 0 aliphatic rings. The molecule has 0 aliphatic carbocycles. The number of hydrogen-bond acceptors (Lipinski definition) is 2. The lowest BCUT2D eigenvalue weighted by atomic mass is 10.1. The summed E-state index contributed by atoms with van der Waals surface area (Å²) in [5.74, 6) is 2.00. The third-order valence-corrected chi connectivity index (χ3v) is 4.18. The lowest BCUT2D eigenvalue weighted by Gasteiger charge is -2.05. The number of rotatable bonds is 5. The summed E-state index contributed by atoms with van der Waals surface area (Å²) in [5, 5.41) is 0. The second kappa shape index (κ2) is 6.73. The van der Waals surface area contributed by atoms with E-state index in [9.17, 15) is 0 Å². The molecule has 98 valence electrons. The summed E-state index contributed by atoms with van der Waals surface area (Å²) < 4.78 is 0. The van der Waals surface area contributed by atoms with Gasteiger partial charge in [-0.05, 0) is 24.1 Å². The Bertz CT molecular complexity index is 561. The zero-order valence-corrected chi connectivity index (χ0v) is 12.6. The minimum absolute atomic E-state index is 0.463. The van der Waals surface area contributed by atoms with Crippen LogP contribution in [0, 0.1) is 6.92 Å². The minimum Gasteiger partial charge on any atom is -0.389 e. The van der Waals surface area contributed by atoms with Gasteiger partial charge in [-0.15, -0.1) is 0 Å². The standard InChI is InChI=1S/C16H17NS2/c1-12-5-7-13(8-6-12)10-19-11-14-3-2-4-15(9-14)16(17)18/h2-9H,10-11H2,1H3,(H2,17,18). The maximum absolute atomic E-state index is 5.64. The van der Waals surface area contributed by atoms with Crippen LogP contribution < -0.4 is 5.73 Å². The van der Waals surface area contributed by atoms with Crippen molar-refractivity contribution < 1.29 is 0 Å². The van der Waals surface area contributed by atoms with Crippen molar-refractivity contribution in [1.82, 2.24) is 0 Å². The van der Waals surface area contributed by atoms with Gasteiger partial charge in [0.15, 0.2) is 0 Å². The van der Waals surface area contributed by atoms with Crippen molar-refractivity contribution in [3.8, 4) is 0 Å². The molecule has 1 nitrogen and oxygen atoms in total. The summed E-state index contributed by atoms with van der Waals surface area (Å²) >= 11 is 6.90. The average Bonchev–Trinajstić information content (AvgIpc) is 2.41. The maximum Gasteiger partial charge on any atom is 0.103 e. The molecule has 0 fully saturated rings. The van der Waals surface area contributed by atoms with Crippen molar-refractivity contribution in [3.63, 3.8) is 0 Å². The predicted molar refractivity (Wildman–Crippen MR) is 88.5 cm³/mol. The highest BCUT2D eigenvalue weighted by Crippen LogP contribution is 2.19. The molecule has 19 heavy (non-hydrogen) atoms. The molecular weight excluding hydrogens is 270 g/mol. The Morgan fingerprint density at radius 1 is 1.05 bits per heavy atom. The van der Waals surface area contributed by atoms with Crippen LogP contribution in [0.15, 0.2) is 48.5 Å². The van der Waals surface area contributed by atoms with Gasteiger partial charge in [-0.3, -0.25) is 0 Å². The number of thiocarbonyl (C=S) groups is 1. The van der Waals surface area contributed by atoms with E-state index in [4.69, 9.17) is 18.0 Å². The fraction of sp³-hybridized carbons (Fsp3) is 0.188. The van der Waals surface area contributed by atoms with Gasteiger partial charge in [0, 0.05) is 17.1 Å². The zero-order valence-electron chi connectivity index (χ0n) is 10.9. The molecule has 0 spiro atoms. The van der Waals surface area contributed by atoms with E-state index in [0.29, 0.717) is 4.99 Å². The van der Waals surface area contributed by atoms with Gasteiger partial charge in [0.1, 0.15) is 4.99 Å². The Kier molecular flexibility index (Phi) is 5.00. The predicted octanol–water partition coefficient (Wildman–Crippen LogP) is 4.06. The first-order chi connectivity index (χ1) is 9.15. The summed E-state index contributed by atoms with van der Waals surface area (Å²) in [6, 6.07) is 16.8. The van der Waals surface area contributed by atoms with Crippen LogP contribution in [0.4, 0.5) is 0 Å². The van der Waals surface area contributed by atoms with E-state index in [-0.39, 0.29) is 0 Å². The van der Waals surface area contributed by atoms with Crippen molar-refractivity contribution in [2.75, 3.05) is 0 Å². The second-order valence-corrected chi connectivity index (χ2v) is 5.97. The van der Waals surface area contributed by atoms with Crippen LogP contribution in [0.25, 0.3) is 0 Å². The molecule has 0 unspecified atom stereocenters. The van der Waals surface area contributed by atoms with Crippen LogP contribution in [-0.4, -0.2) is 4.99 Å². The smallest absolute Gasteiger partial charge is 0.103 e. The van der Waals surface area contributed by atoms with Crippen LogP contribution in [0.3, 0.4) is 0 Å². The summed E-state index contributed by atoms with van der Waals surface area (Å²) in [5.41, 5.74) is 10.5. The molecule has 2 aromatic rings. The molecule has 0 bridgehead atoms. The van der Waals surface area contributed by atoms with E-state index < -0.39 is 0 Å². The van der Waals surface area contributed by atoms with E-state index in [1.807, 2.05) is 23.9 Å². The molecule has 0 saturated heterocycles. The first kappa shape index (κ1) is 14.1. The van der Waals surface area contributed by atoms with Crippen LogP contribution in [0.1, 0.15) is 22.3 Å². The van der Waals surface area contributed by atoms with Gasteiger partial charge in [-0.25, -0.2) is 0 Å². The Labute approximate surface area is 124 Å². The second-order valence-electron chi connectivity index (χ2n) is 4.54. The quantitative estimate of drug-likeness (QED) is 0.840. The van der Waals surface area contributed by atoms with E-state index in [1.54, 1.807) is 0 Å². The van der Waals surface area contributed by atoms with Gasteiger partial charge in [-0.2, -0.15) is 11.8 Å². The first-order valence-electron chi connectivity index (χ1n) is 6.17. The van der Waals surface area contributed by atoms with Crippen molar-refractivity contribution in [2.24, 2.45) is 5.73 Å². The number of nitrogens with two attached hydrogens (primary N) is 1. The lowest BCUT2D eigenvalue weighted by Crippen LogP contribution is -2.09. The van der Waals surface area contributed by atoms with Gasteiger partial charge in [0.2, 0.25) is 0 Å². The zero-order chi connectivity index (χ0) is 13.7. The molecule has 0 saturated carbocycles. The minimum atomic E-state index is 0.463. The number of thioether (sulfide) groups is 1. The van der Waals surface area contributed by atoms with Crippen molar-refractivity contribution >= 4 is 29.0 Å². The Morgan fingerprint density at radius 3 is 2.42 bits per heavy atom. The van der Waals surface area contributed by atoms with Gasteiger partial charge < -0.3 is 5.73 Å². The summed E-state index contributed by atoms with van der Waals surface area (Å²) in [6.07, 6.45) is 0. The molecule has 0 aliphatic heterocycles. The third-order valence-electron chi connectivity index (χ3n) is 2.87. The summed E-state index contributed by atoms with van der Waals surface area (Å²) in [7, 11) is 0. The molecule has 3 heteroatoms. The highest BCUT2D eigenvalue weighted by Gasteiger charge is 1.99. The molecule has 2 N–H and O–H groups in total. The molecule has 0 radical (unpaired) electrons. The van der Waals surface area contributed by atoms with E-state index in [1.165, 1.54) is 16.7 Å². The first-order valence-corrected chi connectivity index (χ1v) is 7.73. The highest BCUT2D eigenvalue weighted by atomic mass is 32.2. The molecule has 0 atom stereocenters. The summed E-state index contributed by atoms with van der Waals surface area (Å²) in [6.45, 7) is 2.11. The fourth-order valence-corrected chi connectivity index (χ4v) is 2.86. The van der Waals surface area contributed by atoms with Crippen molar-refractivity contribution in [2.45, 2.75) is 18.4 Å². The highest BCUT2D eigenvalue weighted by molar-refractivity contribution is 7.97. The van der Waals surface area contributed by atoms with Crippen LogP contribution in [-0.2, 0) is 11.5 Å². The largest absolute Gasteiger partial charge is 0.389 e. The normalized spacial score (nSPS) is 10.4.